The van der Waals surface area contributed by atoms with Crippen LogP contribution in [-0.2, 0) is 14.6 Å². The Morgan fingerprint density at radius 2 is 2.19 bits per heavy atom. The van der Waals surface area contributed by atoms with Gasteiger partial charge in [-0.2, -0.15) is 0 Å². The Kier molecular flexibility index (Phi) is 3.07. The zero-order chi connectivity index (χ0) is 11.8. The number of hydrogen-bond acceptors (Lipinski definition) is 5. The first kappa shape index (κ1) is 11.7. The molecule has 2 aliphatic heterocycles. The number of nitrogens with zero attached hydrogens (tertiary/aromatic N) is 1. The van der Waals surface area contributed by atoms with Gasteiger partial charge in [0.25, 0.3) is 0 Å². The van der Waals surface area contributed by atoms with Crippen LogP contribution in [0, 0.1) is 0 Å². The number of hydrogen-bond donors (Lipinski definition) is 1. The minimum atomic E-state index is -2.99. The summed E-state index contributed by atoms with van der Waals surface area (Å²) in [7, 11) is -2.99. The molecule has 0 aromatic carbocycles. The molecule has 0 spiro atoms. The van der Waals surface area contributed by atoms with Crippen LogP contribution in [0.5, 0.6) is 0 Å². The second-order valence-electron chi connectivity index (χ2n) is 4.23. The molecule has 2 rings (SSSR count). The first-order valence-electron chi connectivity index (χ1n) is 5.30. The number of carbonyl (C=O) groups excluding carboxylic acids is 1. The van der Waals surface area contributed by atoms with E-state index < -0.39 is 22.0 Å². The lowest BCUT2D eigenvalue weighted by molar-refractivity contribution is -0.00916. The molecule has 0 aromatic rings. The van der Waals surface area contributed by atoms with Crippen LogP contribution < -0.4 is 0 Å². The number of aliphatic hydroxyl groups is 1. The van der Waals surface area contributed by atoms with Gasteiger partial charge in [0.2, 0.25) is 0 Å². The minimum Gasteiger partial charge on any atom is -0.444 e. The summed E-state index contributed by atoms with van der Waals surface area (Å²) in [6.45, 7) is 0.285. The first-order chi connectivity index (χ1) is 7.52. The highest BCUT2D eigenvalue weighted by atomic mass is 32.2. The van der Waals surface area contributed by atoms with E-state index in [4.69, 9.17) is 9.84 Å². The average Bonchev–Trinajstić information content (AvgIpc) is 2.58. The van der Waals surface area contributed by atoms with Gasteiger partial charge in [0.1, 0.15) is 6.10 Å². The third kappa shape index (κ3) is 2.30. The summed E-state index contributed by atoms with van der Waals surface area (Å²) in [5.41, 5.74) is 0. The van der Waals surface area contributed by atoms with Crippen LogP contribution in [0.2, 0.25) is 0 Å². The fourth-order valence-corrected chi connectivity index (χ4v) is 3.86. The Labute approximate surface area is 94.1 Å². The molecule has 2 aliphatic rings. The van der Waals surface area contributed by atoms with Crippen molar-refractivity contribution < 1.29 is 23.1 Å². The molecule has 7 heteroatoms. The van der Waals surface area contributed by atoms with E-state index in [1.807, 2.05) is 0 Å². The van der Waals surface area contributed by atoms with Crippen LogP contribution >= 0.6 is 0 Å². The van der Waals surface area contributed by atoms with E-state index in [1.165, 1.54) is 4.90 Å². The van der Waals surface area contributed by atoms with Crippen molar-refractivity contribution in [3.63, 3.8) is 0 Å². The van der Waals surface area contributed by atoms with Gasteiger partial charge in [-0.15, -0.1) is 0 Å². The summed E-state index contributed by atoms with van der Waals surface area (Å²) in [6, 6.07) is -0.253. The van der Waals surface area contributed by atoms with E-state index in [-0.39, 0.29) is 24.2 Å². The average molecular weight is 249 g/mol. The number of carbonyl (C=O) groups is 1. The van der Waals surface area contributed by atoms with Crippen molar-refractivity contribution in [1.82, 2.24) is 4.90 Å². The van der Waals surface area contributed by atoms with Crippen LogP contribution in [-0.4, -0.2) is 61.3 Å². The van der Waals surface area contributed by atoms with Gasteiger partial charge in [-0.3, -0.25) is 0 Å². The second-order valence-corrected chi connectivity index (χ2v) is 6.46. The lowest BCUT2D eigenvalue weighted by atomic mass is 10.1. The SMILES string of the molecule is O=C1OC(CO)CCN1C1CCS(=O)(=O)C1. The van der Waals surface area contributed by atoms with Crippen molar-refractivity contribution in [3.05, 3.63) is 0 Å². The zero-order valence-corrected chi connectivity index (χ0v) is 9.65. The van der Waals surface area contributed by atoms with E-state index in [0.29, 0.717) is 19.4 Å². The van der Waals surface area contributed by atoms with Crippen molar-refractivity contribution in [1.29, 1.82) is 0 Å². The molecule has 1 N–H and O–H groups in total. The zero-order valence-electron chi connectivity index (χ0n) is 8.83. The number of cyclic esters (lactones) is 1. The molecule has 0 saturated carbocycles. The largest absolute Gasteiger partial charge is 0.444 e. The Hall–Kier alpha value is -0.820. The summed E-state index contributed by atoms with van der Waals surface area (Å²) in [5, 5.41) is 8.85. The Bertz CT molecular complexity index is 379. The molecule has 92 valence electrons. The highest BCUT2D eigenvalue weighted by molar-refractivity contribution is 7.91. The number of ether oxygens (including phenoxy) is 1. The van der Waals surface area contributed by atoms with Crippen LogP contribution in [0.15, 0.2) is 0 Å². The molecule has 0 bridgehead atoms. The van der Waals surface area contributed by atoms with Gasteiger partial charge in [-0.25, -0.2) is 13.2 Å². The molecule has 2 saturated heterocycles. The van der Waals surface area contributed by atoms with Gasteiger partial charge < -0.3 is 14.7 Å². The molecule has 6 nitrogen and oxygen atoms in total. The van der Waals surface area contributed by atoms with Gasteiger partial charge in [0.15, 0.2) is 9.84 Å². The van der Waals surface area contributed by atoms with Gasteiger partial charge in [-0.1, -0.05) is 0 Å². The van der Waals surface area contributed by atoms with Crippen LogP contribution in [0.1, 0.15) is 12.8 Å². The molecule has 0 aromatic heterocycles. The quantitative estimate of drug-likeness (QED) is 0.705. The maximum atomic E-state index is 11.6. The van der Waals surface area contributed by atoms with Crippen molar-refractivity contribution in [2.24, 2.45) is 0 Å². The summed E-state index contributed by atoms with van der Waals surface area (Å²) in [5.74, 6) is 0.177. The summed E-state index contributed by atoms with van der Waals surface area (Å²) in [4.78, 5) is 13.0. The van der Waals surface area contributed by atoms with Gasteiger partial charge >= 0.3 is 6.09 Å². The third-order valence-corrected chi connectivity index (χ3v) is 4.80. The van der Waals surface area contributed by atoms with E-state index >= 15 is 0 Å². The maximum Gasteiger partial charge on any atom is 0.410 e. The molecular formula is C9H15NO5S. The maximum absolute atomic E-state index is 11.6. The molecule has 0 aliphatic carbocycles. The van der Waals surface area contributed by atoms with Crippen molar-refractivity contribution in [2.45, 2.75) is 25.0 Å². The van der Waals surface area contributed by atoms with Gasteiger partial charge in [0, 0.05) is 19.0 Å². The number of sulfone groups is 1. The predicted molar refractivity (Wildman–Crippen MR) is 55.7 cm³/mol. The highest BCUT2D eigenvalue weighted by Gasteiger charge is 2.38. The van der Waals surface area contributed by atoms with Crippen LogP contribution in [0.25, 0.3) is 0 Å². The Morgan fingerprint density at radius 1 is 1.44 bits per heavy atom. The molecule has 2 heterocycles. The van der Waals surface area contributed by atoms with E-state index in [2.05, 4.69) is 0 Å². The minimum absolute atomic E-state index is 0.0336. The van der Waals surface area contributed by atoms with E-state index in [1.54, 1.807) is 0 Å². The number of amides is 1. The molecule has 16 heavy (non-hydrogen) atoms. The molecule has 2 atom stereocenters. The standard InChI is InChI=1S/C9H15NO5S/c11-5-8-1-3-10(9(12)15-8)7-2-4-16(13,14)6-7/h7-8,11H,1-6H2. The van der Waals surface area contributed by atoms with Crippen LogP contribution in [0.3, 0.4) is 0 Å². The highest BCUT2D eigenvalue weighted by Crippen LogP contribution is 2.22. The smallest absolute Gasteiger partial charge is 0.410 e. The van der Waals surface area contributed by atoms with Gasteiger partial charge in [-0.05, 0) is 6.42 Å². The predicted octanol–water partition coefficient (Wildman–Crippen LogP) is -0.623. The summed E-state index contributed by atoms with van der Waals surface area (Å²) >= 11 is 0. The Morgan fingerprint density at radius 3 is 2.69 bits per heavy atom. The number of aliphatic hydroxyl groups excluding tert-OH is 1. The molecule has 2 unspecified atom stereocenters. The monoisotopic (exact) mass is 249 g/mol. The Balaban J connectivity index is 1.99. The van der Waals surface area contributed by atoms with E-state index in [9.17, 15) is 13.2 Å². The molecule has 2 fully saturated rings. The van der Waals surface area contributed by atoms with Crippen molar-refractivity contribution in [2.75, 3.05) is 24.7 Å². The fourth-order valence-electron chi connectivity index (χ4n) is 2.12. The summed E-state index contributed by atoms with van der Waals surface area (Å²) in [6.07, 6.45) is 0.0918. The first-order valence-corrected chi connectivity index (χ1v) is 7.12. The lowest BCUT2D eigenvalue weighted by Crippen LogP contribution is -2.48. The second kappa shape index (κ2) is 4.21. The van der Waals surface area contributed by atoms with Crippen molar-refractivity contribution >= 4 is 15.9 Å². The van der Waals surface area contributed by atoms with Crippen molar-refractivity contribution in [3.8, 4) is 0 Å². The molecule has 1 amide bonds. The third-order valence-electron chi connectivity index (χ3n) is 3.05. The topological polar surface area (TPSA) is 83.9 Å². The normalized spacial score (nSPS) is 33.8. The summed E-state index contributed by atoms with van der Waals surface area (Å²) < 4.78 is 27.6. The van der Waals surface area contributed by atoms with E-state index in [0.717, 1.165) is 0 Å². The molecule has 0 radical (unpaired) electrons. The van der Waals surface area contributed by atoms with Crippen LogP contribution in [0.4, 0.5) is 4.79 Å². The fraction of sp³-hybridized carbons (Fsp3) is 0.889. The van der Waals surface area contributed by atoms with Gasteiger partial charge in [0.05, 0.1) is 18.1 Å². The number of rotatable bonds is 2. The molecular weight excluding hydrogens is 234 g/mol. The lowest BCUT2D eigenvalue weighted by Gasteiger charge is -2.34.